The van der Waals surface area contributed by atoms with Gasteiger partial charge in [0.15, 0.2) is 0 Å². The second-order valence-corrected chi connectivity index (χ2v) is 2.49. The van der Waals surface area contributed by atoms with Gasteiger partial charge in [-0.1, -0.05) is 11.6 Å². The van der Waals surface area contributed by atoms with Crippen molar-refractivity contribution in [2.45, 2.75) is 0 Å². The number of carbonyl (C=O) groups is 2. The molecular formula is C8H5ClO2. The Hall–Kier alpha value is -1.15. The molecule has 0 saturated carbocycles. The standard InChI is InChI=1S/C8H5ClO2/c9-8-2-6(4-10)1-7(3-8)5-11/h1-5H. The topological polar surface area (TPSA) is 34.1 Å². The van der Waals surface area contributed by atoms with Gasteiger partial charge < -0.3 is 0 Å². The Bertz CT molecular complexity index is 268. The summed E-state index contributed by atoms with van der Waals surface area (Å²) in [7, 11) is 0. The van der Waals surface area contributed by atoms with Crippen LogP contribution in [-0.2, 0) is 0 Å². The first kappa shape index (κ1) is 7.95. The summed E-state index contributed by atoms with van der Waals surface area (Å²) in [6.07, 6.45) is 1.30. The largest absolute Gasteiger partial charge is 0.298 e. The van der Waals surface area contributed by atoms with Crippen molar-refractivity contribution in [2.24, 2.45) is 0 Å². The number of halogens is 1. The summed E-state index contributed by atoms with van der Waals surface area (Å²) in [6.45, 7) is 0. The third-order valence-corrected chi connectivity index (χ3v) is 1.43. The van der Waals surface area contributed by atoms with Gasteiger partial charge in [-0.05, 0) is 18.2 Å². The second kappa shape index (κ2) is 3.30. The molecule has 2 nitrogen and oxygen atoms in total. The average molecular weight is 169 g/mol. The zero-order valence-corrected chi connectivity index (χ0v) is 6.34. The van der Waals surface area contributed by atoms with Crippen LogP contribution in [0.2, 0.25) is 5.02 Å². The molecule has 0 unspecified atom stereocenters. The highest BCUT2D eigenvalue weighted by molar-refractivity contribution is 6.31. The number of hydrogen-bond donors (Lipinski definition) is 0. The van der Waals surface area contributed by atoms with Crippen molar-refractivity contribution in [2.75, 3.05) is 0 Å². The summed E-state index contributed by atoms with van der Waals surface area (Å²) in [5, 5.41) is 0.400. The average Bonchev–Trinajstić information content (AvgIpc) is 2.03. The molecule has 0 aliphatic heterocycles. The quantitative estimate of drug-likeness (QED) is 0.633. The van der Waals surface area contributed by atoms with Crippen LogP contribution in [-0.4, -0.2) is 12.6 Å². The van der Waals surface area contributed by atoms with Crippen molar-refractivity contribution < 1.29 is 9.59 Å². The Labute approximate surface area is 68.8 Å². The number of aldehydes is 2. The molecule has 0 N–H and O–H groups in total. The van der Waals surface area contributed by atoms with E-state index in [0.717, 1.165) is 0 Å². The van der Waals surface area contributed by atoms with E-state index < -0.39 is 0 Å². The predicted molar refractivity (Wildman–Crippen MR) is 42.2 cm³/mol. The lowest BCUT2D eigenvalue weighted by atomic mass is 10.1. The zero-order valence-electron chi connectivity index (χ0n) is 5.58. The van der Waals surface area contributed by atoms with Gasteiger partial charge in [0, 0.05) is 16.1 Å². The fourth-order valence-corrected chi connectivity index (χ4v) is 1.02. The van der Waals surface area contributed by atoms with Crippen LogP contribution >= 0.6 is 11.6 Å². The van der Waals surface area contributed by atoms with Crippen LogP contribution in [0, 0.1) is 0 Å². The van der Waals surface area contributed by atoms with Crippen molar-refractivity contribution in [3.8, 4) is 0 Å². The Morgan fingerprint density at radius 1 is 1.00 bits per heavy atom. The van der Waals surface area contributed by atoms with Gasteiger partial charge in [0.05, 0.1) is 0 Å². The first-order valence-electron chi connectivity index (χ1n) is 2.97. The maximum Gasteiger partial charge on any atom is 0.150 e. The van der Waals surface area contributed by atoms with Crippen LogP contribution in [0.15, 0.2) is 18.2 Å². The minimum Gasteiger partial charge on any atom is -0.298 e. The van der Waals surface area contributed by atoms with Crippen molar-refractivity contribution in [3.05, 3.63) is 34.3 Å². The van der Waals surface area contributed by atoms with E-state index in [2.05, 4.69) is 0 Å². The molecule has 11 heavy (non-hydrogen) atoms. The van der Waals surface area contributed by atoms with Gasteiger partial charge in [-0.25, -0.2) is 0 Å². The van der Waals surface area contributed by atoms with E-state index in [-0.39, 0.29) is 0 Å². The molecular weight excluding hydrogens is 164 g/mol. The third-order valence-electron chi connectivity index (χ3n) is 1.21. The zero-order chi connectivity index (χ0) is 8.27. The van der Waals surface area contributed by atoms with Crippen LogP contribution in [0.3, 0.4) is 0 Å². The van der Waals surface area contributed by atoms with Crippen LogP contribution in [0.25, 0.3) is 0 Å². The molecule has 0 radical (unpaired) electrons. The normalized spacial score (nSPS) is 9.18. The molecule has 1 aromatic carbocycles. The SMILES string of the molecule is O=Cc1cc(Cl)cc(C=O)c1. The van der Waals surface area contributed by atoms with Gasteiger partial charge in [-0.15, -0.1) is 0 Å². The highest BCUT2D eigenvalue weighted by Crippen LogP contribution is 2.12. The van der Waals surface area contributed by atoms with Gasteiger partial charge in [0.2, 0.25) is 0 Å². The molecule has 1 aromatic rings. The van der Waals surface area contributed by atoms with E-state index in [1.807, 2.05) is 0 Å². The minimum atomic E-state index is 0.400. The highest BCUT2D eigenvalue weighted by atomic mass is 35.5. The van der Waals surface area contributed by atoms with Gasteiger partial charge >= 0.3 is 0 Å². The third kappa shape index (κ3) is 1.88. The molecule has 0 bridgehead atoms. The van der Waals surface area contributed by atoms with Crippen molar-refractivity contribution in [3.63, 3.8) is 0 Å². The van der Waals surface area contributed by atoms with Crippen LogP contribution in [0.1, 0.15) is 20.7 Å². The molecule has 0 heterocycles. The molecule has 3 heteroatoms. The minimum absolute atomic E-state index is 0.400. The summed E-state index contributed by atoms with van der Waals surface area (Å²) >= 11 is 5.59. The predicted octanol–water partition coefficient (Wildman–Crippen LogP) is 1.96. The fraction of sp³-hybridized carbons (Fsp3) is 0. The summed E-state index contributed by atoms with van der Waals surface area (Å²) in [6, 6.07) is 4.48. The summed E-state index contributed by atoms with van der Waals surface area (Å²) in [5.41, 5.74) is 0.833. The van der Waals surface area contributed by atoms with E-state index in [9.17, 15) is 9.59 Å². The molecule has 0 spiro atoms. The van der Waals surface area contributed by atoms with E-state index in [4.69, 9.17) is 11.6 Å². The van der Waals surface area contributed by atoms with Crippen molar-refractivity contribution in [1.29, 1.82) is 0 Å². The van der Waals surface area contributed by atoms with E-state index >= 15 is 0 Å². The summed E-state index contributed by atoms with van der Waals surface area (Å²) in [4.78, 5) is 20.5. The summed E-state index contributed by atoms with van der Waals surface area (Å²) in [5.74, 6) is 0. The highest BCUT2D eigenvalue weighted by Gasteiger charge is 1.96. The Balaban J connectivity index is 3.21. The van der Waals surface area contributed by atoms with E-state index in [0.29, 0.717) is 28.7 Å². The first-order valence-corrected chi connectivity index (χ1v) is 3.35. The van der Waals surface area contributed by atoms with E-state index in [1.165, 1.54) is 18.2 Å². The molecule has 0 amide bonds. The lowest BCUT2D eigenvalue weighted by Gasteiger charge is -1.93. The van der Waals surface area contributed by atoms with Crippen molar-refractivity contribution >= 4 is 24.2 Å². The molecule has 1 rings (SSSR count). The molecule has 56 valence electrons. The van der Waals surface area contributed by atoms with Crippen LogP contribution in [0.4, 0.5) is 0 Å². The molecule has 0 aliphatic rings. The first-order chi connectivity index (χ1) is 5.26. The molecule has 0 saturated heterocycles. The van der Waals surface area contributed by atoms with Crippen molar-refractivity contribution in [1.82, 2.24) is 0 Å². The maximum atomic E-state index is 10.3. The number of benzene rings is 1. The smallest absolute Gasteiger partial charge is 0.150 e. The van der Waals surface area contributed by atoms with Crippen LogP contribution < -0.4 is 0 Å². The molecule has 0 aliphatic carbocycles. The molecule has 0 atom stereocenters. The Kier molecular flexibility index (Phi) is 2.39. The van der Waals surface area contributed by atoms with Gasteiger partial charge in [0.25, 0.3) is 0 Å². The molecule has 0 fully saturated rings. The lowest BCUT2D eigenvalue weighted by Crippen LogP contribution is -1.84. The van der Waals surface area contributed by atoms with E-state index in [1.54, 1.807) is 0 Å². The van der Waals surface area contributed by atoms with Crippen LogP contribution in [0.5, 0.6) is 0 Å². The maximum absolute atomic E-state index is 10.3. The van der Waals surface area contributed by atoms with Gasteiger partial charge in [-0.3, -0.25) is 9.59 Å². The second-order valence-electron chi connectivity index (χ2n) is 2.05. The molecule has 0 aromatic heterocycles. The monoisotopic (exact) mass is 168 g/mol. The number of rotatable bonds is 2. The van der Waals surface area contributed by atoms with Gasteiger partial charge in [-0.2, -0.15) is 0 Å². The lowest BCUT2D eigenvalue weighted by molar-refractivity contribution is 0.112. The number of hydrogen-bond acceptors (Lipinski definition) is 2. The number of carbonyl (C=O) groups excluding carboxylic acids is 2. The Morgan fingerprint density at radius 2 is 1.45 bits per heavy atom. The Morgan fingerprint density at radius 3 is 1.82 bits per heavy atom. The van der Waals surface area contributed by atoms with Gasteiger partial charge in [0.1, 0.15) is 12.6 Å². The fourth-order valence-electron chi connectivity index (χ4n) is 0.772. The summed E-state index contributed by atoms with van der Waals surface area (Å²) < 4.78 is 0.